The number of nitrogens with two attached hydrogens (primary N) is 1. The van der Waals surface area contributed by atoms with Crippen LogP contribution in [0.5, 0.6) is 0 Å². The van der Waals surface area contributed by atoms with Crippen molar-refractivity contribution >= 4 is 13.1 Å². The summed E-state index contributed by atoms with van der Waals surface area (Å²) in [6, 6.07) is 0. The van der Waals surface area contributed by atoms with Crippen molar-refractivity contribution in [2.45, 2.75) is 37.5 Å². The first-order valence-electron chi connectivity index (χ1n) is 7.27. The van der Waals surface area contributed by atoms with Gasteiger partial charge in [0, 0.05) is 12.0 Å². The summed E-state index contributed by atoms with van der Waals surface area (Å²) in [4.78, 5) is 13.8. The molecule has 6 nitrogen and oxygen atoms in total. The van der Waals surface area contributed by atoms with Crippen LogP contribution in [-0.4, -0.2) is 59.3 Å². The van der Waals surface area contributed by atoms with Gasteiger partial charge in [0.1, 0.15) is 5.54 Å². The van der Waals surface area contributed by atoms with Gasteiger partial charge in [0.15, 0.2) is 0 Å². The van der Waals surface area contributed by atoms with Gasteiger partial charge in [0.25, 0.3) is 0 Å². The zero-order valence-corrected chi connectivity index (χ0v) is 12.2. The number of carbonyl (C=O) groups is 1. The van der Waals surface area contributed by atoms with Gasteiger partial charge in [0.2, 0.25) is 0 Å². The minimum atomic E-state index is -1.32. The van der Waals surface area contributed by atoms with Crippen molar-refractivity contribution in [3.8, 4) is 0 Å². The van der Waals surface area contributed by atoms with Gasteiger partial charge in [-0.05, 0) is 51.5 Å². The molecule has 114 valence electrons. The van der Waals surface area contributed by atoms with E-state index < -0.39 is 18.6 Å². The summed E-state index contributed by atoms with van der Waals surface area (Å²) in [5.74, 6) is -0.582. The van der Waals surface area contributed by atoms with Crippen LogP contribution < -0.4 is 5.73 Å². The van der Waals surface area contributed by atoms with Gasteiger partial charge in [-0.3, -0.25) is 4.79 Å². The van der Waals surface area contributed by atoms with E-state index in [1.165, 1.54) is 0 Å². The second-order valence-electron chi connectivity index (χ2n) is 6.81. The molecule has 0 aromatic rings. The second-order valence-corrected chi connectivity index (χ2v) is 6.81. The molecule has 0 aromatic carbocycles. The Morgan fingerprint density at radius 3 is 2.60 bits per heavy atom. The molecule has 4 unspecified atom stereocenters. The van der Waals surface area contributed by atoms with Gasteiger partial charge in [-0.15, -0.1) is 0 Å². The molecule has 2 saturated carbocycles. The van der Waals surface area contributed by atoms with Crippen LogP contribution in [0.4, 0.5) is 0 Å². The van der Waals surface area contributed by atoms with E-state index in [-0.39, 0.29) is 17.7 Å². The van der Waals surface area contributed by atoms with Gasteiger partial charge in [-0.1, -0.05) is 6.42 Å². The quantitative estimate of drug-likeness (QED) is 0.474. The largest absolute Gasteiger partial charge is 0.480 e. The molecule has 2 aliphatic rings. The van der Waals surface area contributed by atoms with Crippen LogP contribution in [0.3, 0.4) is 0 Å². The second kappa shape index (κ2) is 5.29. The van der Waals surface area contributed by atoms with Crippen molar-refractivity contribution in [3.63, 3.8) is 0 Å². The molecule has 5 N–H and O–H groups in total. The first-order chi connectivity index (χ1) is 9.24. The average Bonchev–Trinajstić information content (AvgIpc) is 2.93. The van der Waals surface area contributed by atoms with Crippen LogP contribution in [0.1, 0.15) is 25.7 Å². The third-order valence-electron chi connectivity index (χ3n) is 5.24. The van der Waals surface area contributed by atoms with E-state index in [1.807, 2.05) is 19.0 Å². The van der Waals surface area contributed by atoms with E-state index in [0.29, 0.717) is 25.3 Å². The maximum atomic E-state index is 11.8. The van der Waals surface area contributed by atoms with Crippen molar-refractivity contribution in [2.75, 3.05) is 20.6 Å². The monoisotopic (exact) mass is 284 g/mol. The van der Waals surface area contributed by atoms with E-state index in [1.54, 1.807) is 0 Å². The minimum Gasteiger partial charge on any atom is -0.480 e. The SMILES string of the molecule is CN(C)CC12CC1CC(CCCB(O)O)C2(N)C(=O)O. The van der Waals surface area contributed by atoms with Crippen LogP contribution in [-0.2, 0) is 4.79 Å². The molecule has 0 radical (unpaired) electrons. The number of hydrogen-bond donors (Lipinski definition) is 4. The predicted octanol–water partition coefficient (Wildman–Crippen LogP) is -0.391. The number of carboxylic acids is 1. The number of nitrogens with zero attached hydrogens (tertiary/aromatic N) is 1. The lowest BCUT2D eigenvalue weighted by molar-refractivity contribution is -0.148. The van der Waals surface area contributed by atoms with Gasteiger partial charge in [-0.2, -0.15) is 0 Å². The minimum absolute atomic E-state index is 0.0718. The van der Waals surface area contributed by atoms with Gasteiger partial charge >= 0.3 is 13.1 Å². The highest BCUT2D eigenvalue weighted by molar-refractivity contribution is 6.40. The molecule has 2 aliphatic carbocycles. The van der Waals surface area contributed by atoms with Crippen LogP contribution >= 0.6 is 0 Å². The predicted molar refractivity (Wildman–Crippen MR) is 76.0 cm³/mol. The van der Waals surface area contributed by atoms with Crippen LogP contribution in [0.2, 0.25) is 6.32 Å². The zero-order chi connectivity index (χ0) is 15.1. The molecule has 0 aliphatic heterocycles. The smallest absolute Gasteiger partial charge is 0.451 e. The lowest BCUT2D eigenvalue weighted by Gasteiger charge is -2.37. The molecule has 0 spiro atoms. The number of hydrogen-bond acceptors (Lipinski definition) is 5. The topological polar surface area (TPSA) is 107 Å². The summed E-state index contributed by atoms with van der Waals surface area (Å²) in [6.07, 6.45) is 3.26. The summed E-state index contributed by atoms with van der Waals surface area (Å²) in [7, 11) is 2.57. The summed E-state index contributed by atoms with van der Waals surface area (Å²) in [5.41, 5.74) is 4.90. The molecule has 2 fully saturated rings. The fourth-order valence-electron chi connectivity index (χ4n) is 4.30. The Bertz CT molecular complexity index is 393. The highest BCUT2D eigenvalue weighted by Crippen LogP contribution is 2.70. The molecule has 0 heterocycles. The Balaban J connectivity index is 2.10. The van der Waals surface area contributed by atoms with Crippen LogP contribution in [0.25, 0.3) is 0 Å². The Morgan fingerprint density at radius 2 is 2.10 bits per heavy atom. The molecule has 20 heavy (non-hydrogen) atoms. The molecule has 0 bridgehead atoms. The normalized spacial score (nSPS) is 38.9. The van der Waals surface area contributed by atoms with Crippen molar-refractivity contribution in [1.29, 1.82) is 0 Å². The highest BCUT2D eigenvalue weighted by Gasteiger charge is 2.75. The van der Waals surface area contributed by atoms with Gasteiger partial charge in [-0.25, -0.2) is 0 Å². The third kappa shape index (κ3) is 2.37. The van der Waals surface area contributed by atoms with Crippen molar-refractivity contribution in [2.24, 2.45) is 23.0 Å². The standard InChI is InChI=1S/C13H25BN2O4/c1-16(2)8-12-7-10(12)6-9(4-3-5-14(19)20)13(12,15)11(17)18/h9-10,19-20H,3-8,15H2,1-2H3,(H,17,18). The Hall–Kier alpha value is -0.625. The average molecular weight is 284 g/mol. The van der Waals surface area contributed by atoms with Crippen molar-refractivity contribution in [1.82, 2.24) is 4.90 Å². The molecule has 7 heteroatoms. The first kappa shape index (κ1) is 15.8. The molecular formula is C13H25BN2O4. The molecule has 2 rings (SSSR count). The molecule has 0 amide bonds. The molecule has 4 atom stereocenters. The van der Waals surface area contributed by atoms with E-state index >= 15 is 0 Å². The lowest BCUT2D eigenvalue weighted by atomic mass is 9.72. The summed E-state index contributed by atoms with van der Waals surface area (Å²) >= 11 is 0. The van der Waals surface area contributed by atoms with Gasteiger partial charge < -0.3 is 25.8 Å². The first-order valence-corrected chi connectivity index (χ1v) is 7.27. The van der Waals surface area contributed by atoms with Crippen molar-refractivity contribution < 1.29 is 19.9 Å². The number of fused-ring (bicyclic) bond motifs is 1. The number of rotatable bonds is 7. The van der Waals surface area contributed by atoms with Crippen LogP contribution in [0.15, 0.2) is 0 Å². The number of aliphatic carboxylic acids is 1. The lowest BCUT2D eigenvalue weighted by Crippen LogP contribution is -2.60. The van der Waals surface area contributed by atoms with E-state index in [2.05, 4.69) is 0 Å². The number of carboxylic acid groups (broad SMARTS) is 1. The van der Waals surface area contributed by atoms with E-state index in [4.69, 9.17) is 15.8 Å². The fourth-order valence-corrected chi connectivity index (χ4v) is 4.30. The Labute approximate surface area is 120 Å². The fraction of sp³-hybridized carbons (Fsp3) is 0.923. The van der Waals surface area contributed by atoms with Crippen LogP contribution in [0, 0.1) is 17.3 Å². The zero-order valence-electron chi connectivity index (χ0n) is 12.2. The Morgan fingerprint density at radius 1 is 1.45 bits per heavy atom. The summed E-state index contributed by atoms with van der Waals surface area (Å²) < 4.78 is 0. The van der Waals surface area contributed by atoms with Crippen molar-refractivity contribution in [3.05, 3.63) is 0 Å². The van der Waals surface area contributed by atoms with E-state index in [0.717, 1.165) is 12.8 Å². The molecule has 0 saturated heterocycles. The maximum Gasteiger partial charge on any atom is 0.451 e. The van der Waals surface area contributed by atoms with E-state index in [9.17, 15) is 9.90 Å². The molecular weight excluding hydrogens is 259 g/mol. The highest BCUT2D eigenvalue weighted by atomic mass is 16.4. The maximum absolute atomic E-state index is 11.8. The Kier molecular flexibility index (Phi) is 4.17. The third-order valence-corrected chi connectivity index (χ3v) is 5.24. The molecule has 0 aromatic heterocycles. The summed E-state index contributed by atoms with van der Waals surface area (Å²) in [5, 5.41) is 27.5. The van der Waals surface area contributed by atoms with Gasteiger partial charge in [0.05, 0.1) is 0 Å². The summed E-state index contributed by atoms with van der Waals surface area (Å²) in [6.45, 7) is 0.708.